The van der Waals surface area contributed by atoms with Gasteiger partial charge in [0.25, 0.3) is 0 Å². The standard InChI is InChI=1S/C19H24F2N2S/c1-22(12-16-7-10-24-14-16)11-15-5-8-23(9-6-15)13-17-18(20)3-2-4-19(17)21/h2-4,7,10,14-15H,5-6,8-9,11-13H2,1H3. The first-order valence-electron chi connectivity index (χ1n) is 8.46. The van der Waals surface area contributed by atoms with Crippen molar-refractivity contribution < 1.29 is 8.78 Å². The van der Waals surface area contributed by atoms with Gasteiger partial charge in [-0.25, -0.2) is 8.78 Å². The SMILES string of the molecule is CN(Cc1ccsc1)CC1CCN(Cc2c(F)cccc2F)CC1. The molecule has 130 valence electrons. The van der Waals surface area contributed by atoms with Crippen LogP contribution < -0.4 is 0 Å². The number of hydrogen-bond acceptors (Lipinski definition) is 3. The van der Waals surface area contributed by atoms with Gasteiger partial charge in [0.05, 0.1) is 0 Å². The number of halogens is 2. The van der Waals surface area contributed by atoms with Gasteiger partial charge in [0.2, 0.25) is 0 Å². The van der Waals surface area contributed by atoms with Gasteiger partial charge in [0.1, 0.15) is 11.6 Å². The lowest BCUT2D eigenvalue weighted by molar-refractivity contribution is 0.145. The first-order chi connectivity index (χ1) is 11.6. The van der Waals surface area contributed by atoms with E-state index in [1.165, 1.54) is 23.8 Å². The van der Waals surface area contributed by atoms with Crippen LogP contribution in [0.25, 0.3) is 0 Å². The molecular weight excluding hydrogens is 326 g/mol. The molecule has 24 heavy (non-hydrogen) atoms. The fraction of sp³-hybridized carbons (Fsp3) is 0.474. The summed E-state index contributed by atoms with van der Waals surface area (Å²) in [6.07, 6.45) is 2.17. The maximum Gasteiger partial charge on any atom is 0.130 e. The number of thiophene rings is 1. The minimum absolute atomic E-state index is 0.200. The lowest BCUT2D eigenvalue weighted by Gasteiger charge is -2.34. The van der Waals surface area contributed by atoms with E-state index in [1.807, 2.05) is 0 Å². The van der Waals surface area contributed by atoms with Crippen molar-refractivity contribution in [2.45, 2.75) is 25.9 Å². The van der Waals surface area contributed by atoms with E-state index in [9.17, 15) is 8.78 Å². The fourth-order valence-electron chi connectivity index (χ4n) is 3.43. The van der Waals surface area contributed by atoms with Crippen LogP contribution in [-0.2, 0) is 13.1 Å². The Morgan fingerprint density at radius 2 is 1.88 bits per heavy atom. The molecule has 1 aromatic carbocycles. The smallest absolute Gasteiger partial charge is 0.130 e. The Balaban J connectivity index is 1.45. The molecule has 0 N–H and O–H groups in total. The molecule has 3 rings (SSSR count). The van der Waals surface area contributed by atoms with Crippen LogP contribution in [0.4, 0.5) is 8.78 Å². The summed E-state index contributed by atoms with van der Waals surface area (Å²) in [6.45, 7) is 4.26. The molecule has 2 heterocycles. The van der Waals surface area contributed by atoms with Crippen LogP contribution in [0.1, 0.15) is 24.0 Å². The largest absolute Gasteiger partial charge is 0.302 e. The summed E-state index contributed by atoms with van der Waals surface area (Å²) in [5.41, 5.74) is 1.57. The summed E-state index contributed by atoms with van der Waals surface area (Å²) >= 11 is 1.74. The third-order valence-electron chi connectivity index (χ3n) is 4.75. The van der Waals surface area contributed by atoms with E-state index in [2.05, 4.69) is 33.7 Å². The minimum atomic E-state index is -0.437. The highest BCUT2D eigenvalue weighted by Gasteiger charge is 2.22. The zero-order valence-electron chi connectivity index (χ0n) is 14.0. The molecule has 0 saturated carbocycles. The van der Waals surface area contributed by atoms with E-state index in [1.54, 1.807) is 11.3 Å². The molecule has 0 amide bonds. The molecule has 0 unspecified atom stereocenters. The first-order valence-corrected chi connectivity index (χ1v) is 9.41. The average Bonchev–Trinajstić information content (AvgIpc) is 3.05. The molecule has 2 aromatic rings. The zero-order valence-corrected chi connectivity index (χ0v) is 14.9. The van der Waals surface area contributed by atoms with Crippen molar-refractivity contribution in [3.63, 3.8) is 0 Å². The molecule has 1 aromatic heterocycles. The summed E-state index contributed by atoms with van der Waals surface area (Å²) in [7, 11) is 2.17. The van der Waals surface area contributed by atoms with E-state index in [0.29, 0.717) is 12.5 Å². The predicted octanol–water partition coefficient (Wildman–Crippen LogP) is 4.37. The van der Waals surface area contributed by atoms with Crippen molar-refractivity contribution in [2.75, 3.05) is 26.7 Å². The summed E-state index contributed by atoms with van der Waals surface area (Å²) in [5.74, 6) is -0.212. The number of likely N-dealkylation sites (tertiary alicyclic amines) is 1. The summed E-state index contributed by atoms with van der Waals surface area (Å²) in [6, 6.07) is 6.27. The van der Waals surface area contributed by atoms with Crippen molar-refractivity contribution in [3.05, 3.63) is 57.8 Å². The van der Waals surface area contributed by atoms with Crippen molar-refractivity contribution in [3.8, 4) is 0 Å². The number of benzene rings is 1. The molecule has 0 atom stereocenters. The molecule has 1 aliphatic heterocycles. The molecule has 0 spiro atoms. The van der Waals surface area contributed by atoms with E-state index in [4.69, 9.17) is 0 Å². The van der Waals surface area contributed by atoms with Crippen LogP contribution >= 0.6 is 11.3 Å². The Bertz CT molecular complexity index is 617. The maximum absolute atomic E-state index is 13.8. The van der Waals surface area contributed by atoms with Gasteiger partial charge in [-0.15, -0.1) is 0 Å². The quantitative estimate of drug-likeness (QED) is 0.763. The average molecular weight is 350 g/mol. The lowest BCUT2D eigenvalue weighted by atomic mass is 9.95. The van der Waals surface area contributed by atoms with Gasteiger partial charge in [-0.2, -0.15) is 11.3 Å². The van der Waals surface area contributed by atoms with Crippen LogP contribution in [0.5, 0.6) is 0 Å². The van der Waals surface area contributed by atoms with Gasteiger partial charge < -0.3 is 4.90 Å². The number of rotatable bonds is 6. The lowest BCUT2D eigenvalue weighted by Crippen LogP contribution is -2.37. The Kier molecular flexibility index (Phi) is 5.98. The second-order valence-electron chi connectivity index (χ2n) is 6.75. The molecule has 0 bridgehead atoms. The third-order valence-corrected chi connectivity index (χ3v) is 5.49. The van der Waals surface area contributed by atoms with Gasteiger partial charge in [-0.3, -0.25) is 4.90 Å². The van der Waals surface area contributed by atoms with Gasteiger partial charge in [-0.05, 0) is 73.4 Å². The fourth-order valence-corrected chi connectivity index (χ4v) is 4.09. The molecule has 1 aliphatic rings. The predicted molar refractivity (Wildman–Crippen MR) is 95.0 cm³/mol. The Labute approximate surface area is 146 Å². The highest BCUT2D eigenvalue weighted by Crippen LogP contribution is 2.22. The van der Waals surface area contributed by atoms with Crippen LogP contribution in [0, 0.1) is 17.6 Å². The van der Waals surface area contributed by atoms with E-state index >= 15 is 0 Å². The number of piperidine rings is 1. The van der Waals surface area contributed by atoms with E-state index < -0.39 is 11.6 Å². The monoisotopic (exact) mass is 350 g/mol. The van der Waals surface area contributed by atoms with Crippen LogP contribution in [0.15, 0.2) is 35.0 Å². The minimum Gasteiger partial charge on any atom is -0.302 e. The van der Waals surface area contributed by atoms with Crippen molar-refractivity contribution in [1.29, 1.82) is 0 Å². The van der Waals surface area contributed by atoms with Gasteiger partial charge in [0, 0.05) is 25.2 Å². The van der Waals surface area contributed by atoms with E-state index in [-0.39, 0.29) is 5.56 Å². The zero-order chi connectivity index (χ0) is 16.9. The number of hydrogen-bond donors (Lipinski definition) is 0. The molecule has 1 fully saturated rings. The van der Waals surface area contributed by atoms with Crippen LogP contribution in [0.3, 0.4) is 0 Å². The second kappa shape index (κ2) is 8.19. The Morgan fingerprint density at radius 1 is 1.17 bits per heavy atom. The van der Waals surface area contributed by atoms with Gasteiger partial charge in [0.15, 0.2) is 0 Å². The third kappa shape index (κ3) is 4.62. The van der Waals surface area contributed by atoms with Gasteiger partial charge >= 0.3 is 0 Å². The molecule has 0 aliphatic carbocycles. The van der Waals surface area contributed by atoms with Gasteiger partial charge in [-0.1, -0.05) is 6.07 Å². The maximum atomic E-state index is 13.8. The van der Waals surface area contributed by atoms with Crippen molar-refractivity contribution in [2.24, 2.45) is 5.92 Å². The second-order valence-corrected chi connectivity index (χ2v) is 7.53. The number of nitrogens with zero attached hydrogens (tertiary/aromatic N) is 2. The molecule has 5 heteroatoms. The van der Waals surface area contributed by atoms with Crippen molar-refractivity contribution in [1.82, 2.24) is 9.80 Å². The molecule has 2 nitrogen and oxygen atoms in total. The van der Waals surface area contributed by atoms with Crippen LogP contribution in [0.2, 0.25) is 0 Å². The summed E-state index contributed by atoms with van der Waals surface area (Å²) < 4.78 is 27.5. The summed E-state index contributed by atoms with van der Waals surface area (Å²) in [5, 5.41) is 4.31. The van der Waals surface area contributed by atoms with Crippen LogP contribution in [-0.4, -0.2) is 36.5 Å². The Morgan fingerprint density at radius 3 is 2.50 bits per heavy atom. The van der Waals surface area contributed by atoms with E-state index in [0.717, 1.165) is 39.0 Å². The normalized spacial score (nSPS) is 16.8. The molecular formula is C19H24F2N2S. The Hall–Kier alpha value is -1.30. The van der Waals surface area contributed by atoms with Crippen molar-refractivity contribution >= 4 is 11.3 Å². The topological polar surface area (TPSA) is 6.48 Å². The highest BCUT2D eigenvalue weighted by molar-refractivity contribution is 7.07. The first kappa shape index (κ1) is 17.5. The highest BCUT2D eigenvalue weighted by atomic mass is 32.1. The molecule has 1 saturated heterocycles. The summed E-state index contributed by atoms with van der Waals surface area (Å²) in [4.78, 5) is 4.54. The molecule has 0 radical (unpaired) electrons.